The van der Waals surface area contributed by atoms with Crippen molar-refractivity contribution in [2.75, 3.05) is 123 Å². The molecule has 7 aliphatic carbocycles. The molecule has 5 saturated heterocycles. The molecule has 149 heavy (non-hydrogen) atoms. The largest absolute Gasteiger partial charge is 0.507 e. The minimum Gasteiger partial charge on any atom is -0.507 e. The molecule has 3 saturated carbocycles. The molecule has 7 aromatic rings. The maximum absolute atomic E-state index is 13.4. The lowest BCUT2D eigenvalue weighted by Crippen LogP contribution is -2.55. The van der Waals surface area contributed by atoms with Crippen LogP contribution in [0.1, 0.15) is 139 Å². The molecule has 7 aliphatic heterocycles. The maximum atomic E-state index is 13.4. The van der Waals surface area contributed by atoms with Crippen molar-refractivity contribution in [1.29, 1.82) is 0 Å². The molecule has 21 rings (SSSR count). The summed E-state index contributed by atoms with van der Waals surface area (Å²) in [6.07, 6.45) is 7.21. The van der Waals surface area contributed by atoms with Crippen LogP contribution in [0.5, 0.6) is 17.4 Å². The molecule has 45 heteroatoms. The molecule has 5 aromatic carbocycles. The summed E-state index contributed by atoms with van der Waals surface area (Å²) in [6, 6.07) is 31.2. The van der Waals surface area contributed by atoms with E-state index in [1.165, 1.54) is 88.6 Å². The number of piperazine rings is 2. The van der Waals surface area contributed by atoms with Gasteiger partial charge in [0, 0.05) is 147 Å². The zero-order valence-corrected chi connectivity index (χ0v) is 85.7. The lowest BCUT2D eigenvalue weighted by atomic mass is 9.52. The van der Waals surface area contributed by atoms with E-state index in [2.05, 4.69) is 65.9 Å². The van der Waals surface area contributed by atoms with Crippen LogP contribution in [0, 0.1) is 40.9 Å². The average molecular weight is 2140 g/mol. The molecule has 9 heterocycles. The van der Waals surface area contributed by atoms with E-state index in [0.717, 1.165) is 61.5 Å². The van der Waals surface area contributed by atoms with Gasteiger partial charge >= 0.3 is 18.2 Å². The number of hydrogen-bond donors (Lipinski definition) is 18. The number of carbonyl (C=O) groups is 10. The van der Waals surface area contributed by atoms with Gasteiger partial charge in [0.25, 0.3) is 0 Å². The third-order valence-electron chi connectivity index (χ3n) is 31.1. The standard InChI is InChI=1S/C27H34O3.C22H28N4O6.2C15H18N4O5.C14H10Cl4.C11H15N5O5/c1-27-16-15-22-21-11-9-20(28)17-19(21)8-10-23(22)24(27)12-13-25(27)30-26(29)14-7-18-5-3-2-4-6-18;27-11-9-23-5-7-25-13-1-2-14(26-8-6-24-10-12-28)18-17(13)21(31)19-15(29)3-4-16(30)20(19)22(18)32;2*1-5-9(16)12(21)8-6(4-24-14(17)22)15(23-2)13-7(18-13)3-19(15)10(8)11(5)20;15-10-7-5-9(6-8-10)13(14(17)18)11-3-1-2-4-12(11)16;1-20-9-5-8(14-11(12)15-9)16(3-13-5)10-7(19)6(18)4(2-17)21-10/h2-6,17,21-25H,7-16H2,1H3;1-4,23-30H,5-12H2;2*6-7,13,18H,3-4,16H2,1-2H3,(H2,17,22);1-8,13-14H;3-4,6-7,10,17-19H,2H2,1H3,(H2,12,14,15)/t21-,22+,23+,24-,25-,27-;;2*6-,7+,13+,15-;;4-,6-,7+,10-/m0.11.1/s1. The number of nitrogen functional groups attached to an aromatic ring is 1. The van der Waals surface area contributed by atoms with Gasteiger partial charge in [-0.15, -0.1) is 23.2 Å². The van der Waals surface area contributed by atoms with Gasteiger partial charge in [0.05, 0.1) is 102 Å². The molecule has 23 N–H and O–H groups in total. The number of benzene rings is 5. The summed E-state index contributed by atoms with van der Waals surface area (Å²) in [6.45, 7) is 8.62. The van der Waals surface area contributed by atoms with Crippen molar-refractivity contribution in [3.63, 3.8) is 0 Å². The fourth-order valence-corrected chi connectivity index (χ4v) is 24.8. The predicted molar refractivity (Wildman–Crippen MR) is 546 cm³/mol. The number of Topliss-reactive ketones (excluding diaryl/α,β-unsaturated/α-hetero) is 4. The third kappa shape index (κ3) is 21.0. The Labute approximate surface area is 877 Å². The first-order valence-electron chi connectivity index (χ1n) is 49.3. The predicted octanol–water partition coefficient (Wildman–Crippen LogP) is 6.19. The summed E-state index contributed by atoms with van der Waals surface area (Å²) in [5.41, 5.74) is 33.0. The van der Waals surface area contributed by atoms with Crippen LogP contribution < -0.4 is 65.3 Å². The summed E-state index contributed by atoms with van der Waals surface area (Å²) in [5.74, 6) is -1.44. The highest BCUT2D eigenvalue weighted by Crippen LogP contribution is 2.64. The van der Waals surface area contributed by atoms with Gasteiger partial charge in [-0.3, -0.25) is 42.9 Å². The summed E-state index contributed by atoms with van der Waals surface area (Å²) in [5, 5.41) is 87.4. The van der Waals surface area contributed by atoms with Crippen LogP contribution >= 0.6 is 46.4 Å². The van der Waals surface area contributed by atoms with E-state index < -0.39 is 94.6 Å². The van der Waals surface area contributed by atoms with Gasteiger partial charge in [0.2, 0.25) is 46.5 Å². The number of amides is 2. The number of ether oxygens (including phenoxy) is 7. The Morgan fingerprint density at radius 1 is 0.617 bits per heavy atom. The molecule has 0 radical (unpaired) electrons. The fraction of sp³-hybridized carbons (Fsp3) is 0.471. The number of aliphatic hydroxyl groups is 5. The highest BCUT2D eigenvalue weighted by molar-refractivity contribution is 6.45. The van der Waals surface area contributed by atoms with Crippen LogP contribution in [-0.2, 0) is 63.6 Å². The molecule has 8 fully saturated rings. The van der Waals surface area contributed by atoms with Gasteiger partial charge in [-0.05, 0) is 154 Å². The van der Waals surface area contributed by atoms with Gasteiger partial charge in [-0.2, -0.15) is 9.97 Å². The van der Waals surface area contributed by atoms with E-state index in [1.54, 1.807) is 12.1 Å². The number of nitrogens with one attached hydrogen (secondary N) is 6. The average Bonchev–Trinajstić information content (AvgIpc) is 1.50. The number of aryl methyl sites for hydroxylation is 1. The number of nitrogens with zero attached hydrogens (tertiary/aromatic N) is 6. The Morgan fingerprint density at radius 2 is 1.16 bits per heavy atom. The van der Waals surface area contributed by atoms with Crippen molar-refractivity contribution in [1.82, 2.24) is 50.6 Å². The number of aliphatic hydroxyl groups excluding tert-OH is 5. The van der Waals surface area contributed by atoms with Crippen LogP contribution in [0.4, 0.5) is 26.9 Å². The Balaban J connectivity index is 0.000000129. The number of aromatic hydroxyl groups is 2. The fourth-order valence-electron chi connectivity index (χ4n) is 23.9. The van der Waals surface area contributed by atoms with Gasteiger partial charge in [-0.1, -0.05) is 96.4 Å². The molecule has 41 nitrogen and oxygen atoms in total. The highest BCUT2D eigenvalue weighted by atomic mass is 35.5. The zero-order valence-electron chi connectivity index (χ0n) is 82.7. The van der Waals surface area contributed by atoms with E-state index in [-0.39, 0.29) is 165 Å². The van der Waals surface area contributed by atoms with Gasteiger partial charge in [0.15, 0.2) is 34.6 Å². The number of phenolic OH excluding ortho intramolecular Hbond substituents is 2. The SMILES string of the molecule is CO[C@@]12[C@H](COC(N)=O)C3=C(C(=O)C(C)=C(N)C3=O)N1C[C@@H]1N[C@@H]12.CO[C@@]12[C@H](COC(N)=O)C3=C(C(=O)C(C)=C(N)C3=O)N1C[C@@H]1N[C@@H]12.COc1nc(N)nc2c1ncn2[C@@H]1O[C@H](CO)[C@@H](O)[C@@H]1O.C[C@]12CC[C@H]3[C@@H](CCC4=CC(=O)CC[C@@H]43)[C@@H]1CC[C@@H]2OC(=O)CCc1ccccc1.Clc1ccc(C(c2ccccc2Cl)C(Cl)Cl)cc1.O=C1c2c(O)ccc(O)c2C(=O)c2c(NCCNCCO)ccc(NCCNCCO)c21. The molecule has 2 aromatic heterocycles. The van der Waals surface area contributed by atoms with E-state index in [0.29, 0.717) is 120 Å². The summed E-state index contributed by atoms with van der Waals surface area (Å²) < 4.78 is 39.6. The molecular formula is C104H123Cl4N17O24. The molecular weight excluding hydrogens is 2010 g/mol. The topological polar surface area (TPSA) is 649 Å². The number of esters is 1. The smallest absolute Gasteiger partial charge is 0.404 e. The molecule has 14 aliphatic rings. The van der Waals surface area contributed by atoms with E-state index >= 15 is 0 Å². The number of ketones is 7. The Morgan fingerprint density at radius 3 is 1.66 bits per heavy atom. The number of halogens is 4. The summed E-state index contributed by atoms with van der Waals surface area (Å²) >= 11 is 24.3. The van der Waals surface area contributed by atoms with Gasteiger partial charge < -0.3 is 139 Å². The van der Waals surface area contributed by atoms with Crippen molar-refractivity contribution in [2.45, 2.75) is 162 Å². The Bertz CT molecular complexity index is 6320. The third-order valence-corrected chi connectivity index (χ3v) is 32.2. The Hall–Kier alpha value is -12.3. The quantitative estimate of drug-likeness (QED) is 0.00494. The molecule has 0 bridgehead atoms. The monoisotopic (exact) mass is 2130 g/mol. The van der Waals surface area contributed by atoms with Crippen LogP contribution in [0.15, 0.2) is 166 Å². The molecule has 2 amide bonds. The number of fused-ring (bicyclic) bond motifs is 16. The van der Waals surface area contributed by atoms with Crippen LogP contribution in [0.2, 0.25) is 10.0 Å². The van der Waals surface area contributed by atoms with Gasteiger partial charge in [-0.25, -0.2) is 14.6 Å². The molecule has 0 spiro atoms. The van der Waals surface area contributed by atoms with Crippen LogP contribution in [0.3, 0.4) is 0 Å². The number of imidazole rings is 1. The maximum Gasteiger partial charge on any atom is 0.404 e. The number of phenols is 2. The minimum atomic E-state index is -1.23. The lowest BCUT2D eigenvalue weighted by molar-refractivity contribution is -0.158. The van der Waals surface area contributed by atoms with Crippen molar-refractivity contribution >= 4 is 134 Å². The summed E-state index contributed by atoms with van der Waals surface area (Å²) in [4.78, 5) is 140. The van der Waals surface area contributed by atoms with E-state index in [4.69, 9.17) is 124 Å². The second-order valence-electron chi connectivity index (χ2n) is 39.1. The number of primary amides is 2. The second kappa shape index (κ2) is 45.9. The number of anilines is 3. The lowest BCUT2D eigenvalue weighted by Gasteiger charge is -2.53. The molecule has 1 unspecified atom stereocenters. The van der Waals surface area contributed by atoms with Gasteiger partial charge in [0.1, 0.15) is 54.0 Å². The number of aromatic nitrogens is 4. The number of allylic oxidation sites excluding steroid dienone is 5. The van der Waals surface area contributed by atoms with Crippen LogP contribution in [-0.4, -0.2) is 295 Å². The number of hydrogen-bond acceptors (Lipinski definition) is 38. The molecule has 796 valence electrons. The second-order valence-corrected chi connectivity index (χ2v) is 41.1. The first-order chi connectivity index (χ1) is 71.4. The van der Waals surface area contributed by atoms with Crippen molar-refractivity contribution in [2.24, 2.45) is 63.9 Å². The highest BCUT2D eigenvalue weighted by Gasteiger charge is 2.75. The number of methoxy groups -OCH3 is 3. The number of carbonyl (C=O) groups excluding carboxylic acids is 10. The summed E-state index contributed by atoms with van der Waals surface area (Å²) in [7, 11) is 4.46. The van der Waals surface area contributed by atoms with Crippen LogP contribution in [0.25, 0.3) is 11.2 Å². The zero-order chi connectivity index (χ0) is 107. The number of alkyl halides is 2. The molecule has 19 atom stereocenters. The van der Waals surface area contributed by atoms with E-state index in [9.17, 15) is 68.4 Å². The number of rotatable bonds is 28. The van der Waals surface area contributed by atoms with Crippen molar-refractivity contribution < 1.29 is 117 Å². The van der Waals surface area contributed by atoms with Crippen molar-refractivity contribution in [3.8, 4) is 17.4 Å². The first-order valence-corrected chi connectivity index (χ1v) is 51.0. The normalized spacial score (nSPS) is 27.7. The Kier molecular flexibility index (Phi) is 33.7. The van der Waals surface area contributed by atoms with E-state index in [1.807, 2.05) is 82.6 Å². The van der Waals surface area contributed by atoms with Crippen molar-refractivity contribution in [3.05, 3.63) is 215 Å². The number of nitrogens with two attached hydrogens (primary N) is 5. The first kappa shape index (κ1) is 109. The minimum absolute atomic E-state index is 0.00939.